The van der Waals surface area contributed by atoms with E-state index in [9.17, 15) is 4.79 Å². The van der Waals surface area contributed by atoms with Crippen LogP contribution in [-0.4, -0.2) is 18.7 Å². The van der Waals surface area contributed by atoms with Crippen LogP contribution in [0.2, 0.25) is 0 Å². The van der Waals surface area contributed by atoms with Crippen molar-refractivity contribution < 1.29 is 4.79 Å². The molecule has 0 aliphatic heterocycles. The van der Waals surface area contributed by atoms with Crippen LogP contribution in [0.1, 0.15) is 19.3 Å². The molecule has 1 saturated carbocycles. The predicted octanol–water partition coefficient (Wildman–Crippen LogP) is 1.43. The monoisotopic (exact) mass is 178 g/mol. The van der Waals surface area contributed by atoms with Crippen molar-refractivity contribution in [3.8, 4) is 0 Å². The van der Waals surface area contributed by atoms with Crippen molar-refractivity contribution in [3.05, 3.63) is 24.4 Å². The van der Waals surface area contributed by atoms with Crippen LogP contribution in [-0.2, 0) is 4.79 Å². The van der Waals surface area contributed by atoms with Crippen molar-refractivity contribution in [2.45, 2.75) is 25.3 Å². The van der Waals surface area contributed by atoms with E-state index in [4.69, 9.17) is 0 Å². The summed E-state index contributed by atoms with van der Waals surface area (Å²) in [5, 5.41) is 2.89. The number of nitrogens with one attached hydrogen (secondary N) is 1. The number of hydrogen-bond donors (Lipinski definition) is 1. The fourth-order valence-electron chi connectivity index (χ4n) is 1.12. The van der Waals surface area contributed by atoms with Crippen molar-refractivity contribution in [1.29, 1.82) is 0 Å². The van der Waals surface area contributed by atoms with Crippen LogP contribution in [0.4, 0.5) is 0 Å². The third kappa shape index (κ3) is 2.54. The molecule has 3 nitrogen and oxygen atoms in total. The lowest BCUT2D eigenvalue weighted by molar-refractivity contribution is -0.118. The van der Waals surface area contributed by atoms with Gasteiger partial charge >= 0.3 is 0 Å². The molecule has 0 aromatic rings. The highest BCUT2D eigenvalue weighted by Gasteiger charge is 2.19. The molecule has 1 aliphatic rings. The molecular weight excluding hydrogens is 164 g/mol. The van der Waals surface area contributed by atoms with E-state index in [1.165, 1.54) is 18.7 Å². The van der Waals surface area contributed by atoms with Crippen LogP contribution in [0.15, 0.2) is 29.4 Å². The molecule has 1 fully saturated rings. The Kier molecular flexibility index (Phi) is 3.43. The van der Waals surface area contributed by atoms with E-state index in [1.54, 1.807) is 0 Å². The first-order valence-electron chi connectivity index (χ1n) is 4.37. The van der Waals surface area contributed by atoms with Gasteiger partial charge < -0.3 is 5.32 Å². The summed E-state index contributed by atoms with van der Waals surface area (Å²) in [6, 6.07) is 0.348. The van der Waals surface area contributed by atoms with Crippen LogP contribution in [0.3, 0.4) is 0 Å². The van der Waals surface area contributed by atoms with Gasteiger partial charge in [-0.25, -0.2) is 0 Å². The maximum Gasteiger partial charge on any atom is 0.253 e. The molecule has 70 valence electrons. The highest BCUT2D eigenvalue weighted by molar-refractivity contribution is 5.96. The Morgan fingerprint density at radius 2 is 2.23 bits per heavy atom. The molecule has 0 bridgehead atoms. The molecule has 3 heteroatoms. The fraction of sp³-hybridized carbons (Fsp3) is 0.400. The van der Waals surface area contributed by atoms with Crippen LogP contribution < -0.4 is 5.32 Å². The molecule has 13 heavy (non-hydrogen) atoms. The van der Waals surface area contributed by atoms with Crippen LogP contribution in [0.25, 0.3) is 0 Å². The number of hydrogen-bond acceptors (Lipinski definition) is 2. The molecule has 1 N–H and O–H groups in total. The topological polar surface area (TPSA) is 41.5 Å². The Bertz CT molecular complexity index is 252. The minimum absolute atomic E-state index is 0.105. The lowest BCUT2D eigenvalue weighted by Crippen LogP contribution is -2.39. The third-order valence-electron chi connectivity index (χ3n) is 2.15. The lowest BCUT2D eigenvalue weighted by atomic mass is 9.93. The first-order chi connectivity index (χ1) is 6.27. The van der Waals surface area contributed by atoms with Gasteiger partial charge in [0.1, 0.15) is 0 Å². The Morgan fingerprint density at radius 3 is 2.62 bits per heavy atom. The van der Waals surface area contributed by atoms with Gasteiger partial charge in [-0.2, -0.15) is 0 Å². The minimum Gasteiger partial charge on any atom is -0.349 e. The lowest BCUT2D eigenvalue weighted by Gasteiger charge is -2.26. The van der Waals surface area contributed by atoms with Gasteiger partial charge in [0.05, 0.1) is 5.57 Å². The molecule has 1 amide bonds. The Hall–Kier alpha value is -1.38. The number of aliphatic imine (C=N–C) groups is 1. The number of carbonyl (C=O) groups excluding carboxylic acids is 1. The molecule has 0 unspecified atom stereocenters. The Balaban J connectivity index is 2.48. The van der Waals surface area contributed by atoms with Crippen molar-refractivity contribution in [1.82, 2.24) is 5.32 Å². The highest BCUT2D eigenvalue weighted by atomic mass is 16.1. The Labute approximate surface area is 78.2 Å². The predicted molar refractivity (Wildman–Crippen MR) is 53.6 cm³/mol. The summed E-state index contributed by atoms with van der Waals surface area (Å²) in [4.78, 5) is 15.0. The smallest absolute Gasteiger partial charge is 0.253 e. The standard InChI is InChI=1S/C10H14N2O/c1-3-8(7-11-2)10(13)12-9-5-4-6-9/h3,7,9H,1-2,4-6H2,(H,12,13). The summed E-state index contributed by atoms with van der Waals surface area (Å²) >= 11 is 0. The van der Waals surface area contributed by atoms with Crippen molar-refractivity contribution in [3.63, 3.8) is 0 Å². The summed E-state index contributed by atoms with van der Waals surface area (Å²) in [7, 11) is 0. The molecule has 0 spiro atoms. The average Bonchev–Trinajstić information content (AvgIpc) is 2.07. The van der Waals surface area contributed by atoms with Crippen LogP contribution in [0.5, 0.6) is 0 Å². The second-order valence-electron chi connectivity index (χ2n) is 3.07. The zero-order chi connectivity index (χ0) is 9.68. The second kappa shape index (κ2) is 4.60. The first-order valence-corrected chi connectivity index (χ1v) is 4.37. The largest absolute Gasteiger partial charge is 0.349 e. The molecule has 0 radical (unpaired) electrons. The van der Waals surface area contributed by atoms with E-state index in [0.29, 0.717) is 11.6 Å². The minimum atomic E-state index is -0.105. The summed E-state index contributed by atoms with van der Waals surface area (Å²) in [5.41, 5.74) is 0.474. The van der Waals surface area contributed by atoms with Crippen LogP contribution in [0, 0.1) is 0 Å². The fourth-order valence-corrected chi connectivity index (χ4v) is 1.12. The zero-order valence-electron chi connectivity index (χ0n) is 7.62. The third-order valence-corrected chi connectivity index (χ3v) is 2.15. The number of rotatable bonds is 4. The van der Waals surface area contributed by atoms with Gasteiger partial charge in [0.2, 0.25) is 0 Å². The van der Waals surface area contributed by atoms with Crippen molar-refractivity contribution in [2.75, 3.05) is 0 Å². The van der Waals surface area contributed by atoms with Gasteiger partial charge in [0, 0.05) is 12.2 Å². The normalized spacial score (nSPS) is 17.4. The summed E-state index contributed by atoms with van der Waals surface area (Å²) in [6.45, 7) is 6.82. The SMILES string of the molecule is C=CC(=CN=C)C(=O)NC1CCC1. The second-order valence-corrected chi connectivity index (χ2v) is 3.07. The van der Waals surface area contributed by atoms with E-state index in [-0.39, 0.29) is 5.91 Å². The van der Waals surface area contributed by atoms with Gasteiger partial charge in [0.25, 0.3) is 5.91 Å². The molecule has 0 heterocycles. The Morgan fingerprint density at radius 1 is 1.54 bits per heavy atom. The van der Waals surface area contributed by atoms with E-state index < -0.39 is 0 Å². The quantitative estimate of drug-likeness (QED) is 0.395. The van der Waals surface area contributed by atoms with Crippen molar-refractivity contribution >= 4 is 12.6 Å². The van der Waals surface area contributed by atoms with E-state index in [1.807, 2.05) is 0 Å². The van der Waals surface area contributed by atoms with E-state index in [0.717, 1.165) is 12.8 Å². The molecule has 0 saturated heterocycles. The van der Waals surface area contributed by atoms with Crippen LogP contribution >= 0.6 is 0 Å². The summed E-state index contributed by atoms with van der Waals surface area (Å²) in [5.74, 6) is -0.105. The molecule has 1 aliphatic carbocycles. The zero-order valence-corrected chi connectivity index (χ0v) is 7.62. The molecule has 0 aromatic heterocycles. The van der Waals surface area contributed by atoms with Gasteiger partial charge in [0.15, 0.2) is 0 Å². The maximum absolute atomic E-state index is 11.4. The first kappa shape index (κ1) is 9.71. The van der Waals surface area contributed by atoms with Crippen molar-refractivity contribution in [2.24, 2.45) is 4.99 Å². The maximum atomic E-state index is 11.4. The van der Waals surface area contributed by atoms with Gasteiger partial charge in [-0.1, -0.05) is 12.7 Å². The summed E-state index contributed by atoms with van der Waals surface area (Å²) in [6.07, 6.45) is 6.27. The summed E-state index contributed by atoms with van der Waals surface area (Å²) < 4.78 is 0. The van der Waals surface area contributed by atoms with Gasteiger partial charge in [-0.05, 0) is 26.0 Å². The average molecular weight is 178 g/mol. The van der Waals surface area contributed by atoms with E-state index in [2.05, 4.69) is 23.6 Å². The highest BCUT2D eigenvalue weighted by Crippen LogP contribution is 2.18. The molecule has 0 atom stereocenters. The number of carbonyl (C=O) groups is 1. The van der Waals surface area contributed by atoms with Gasteiger partial charge in [-0.15, -0.1) is 0 Å². The molecular formula is C10H14N2O. The number of nitrogens with zero attached hydrogens (tertiary/aromatic N) is 1. The van der Waals surface area contributed by atoms with E-state index >= 15 is 0 Å². The number of amides is 1. The molecule has 1 rings (SSSR count). The molecule has 0 aromatic carbocycles. The van der Waals surface area contributed by atoms with Gasteiger partial charge in [-0.3, -0.25) is 9.79 Å².